The quantitative estimate of drug-likeness (QED) is 0.788. The number of amides is 1. The van der Waals surface area contributed by atoms with E-state index in [1.165, 1.54) is 19.3 Å². The minimum Gasteiger partial charge on any atom is -0.480 e. The van der Waals surface area contributed by atoms with Crippen molar-refractivity contribution in [2.75, 3.05) is 13.1 Å². The predicted molar refractivity (Wildman–Crippen MR) is 81.1 cm³/mol. The average molecular weight is 296 g/mol. The van der Waals surface area contributed by atoms with Crippen molar-refractivity contribution in [2.24, 2.45) is 0 Å². The van der Waals surface area contributed by atoms with Gasteiger partial charge in [0.05, 0.1) is 6.54 Å². The van der Waals surface area contributed by atoms with Gasteiger partial charge < -0.3 is 10.4 Å². The average Bonchev–Trinajstić information content (AvgIpc) is 2.84. The van der Waals surface area contributed by atoms with Gasteiger partial charge in [0.25, 0.3) is 0 Å². The molecule has 120 valence electrons. The Labute approximate surface area is 127 Å². The molecular weight excluding hydrogens is 268 g/mol. The summed E-state index contributed by atoms with van der Waals surface area (Å²) in [5, 5.41) is 12.7. The topological polar surface area (TPSA) is 69.6 Å². The molecule has 2 fully saturated rings. The van der Waals surface area contributed by atoms with Crippen molar-refractivity contribution in [1.29, 1.82) is 0 Å². The highest BCUT2D eigenvalue weighted by Crippen LogP contribution is 2.33. The van der Waals surface area contributed by atoms with Crippen molar-refractivity contribution in [2.45, 2.75) is 76.3 Å². The first-order valence-electron chi connectivity index (χ1n) is 8.36. The summed E-state index contributed by atoms with van der Waals surface area (Å²) in [6.45, 7) is 2.94. The van der Waals surface area contributed by atoms with Gasteiger partial charge in [-0.15, -0.1) is 0 Å². The SMILES string of the molecule is CCCC1(C(=O)O)CCCN1CC(=O)NC1CCCCC1. The maximum absolute atomic E-state index is 12.2. The van der Waals surface area contributed by atoms with Crippen molar-refractivity contribution < 1.29 is 14.7 Å². The molecule has 1 aliphatic carbocycles. The fraction of sp³-hybridized carbons (Fsp3) is 0.875. The number of carboxylic acids is 1. The molecular formula is C16H28N2O3. The fourth-order valence-electron chi connectivity index (χ4n) is 3.90. The van der Waals surface area contributed by atoms with E-state index in [1.807, 2.05) is 11.8 Å². The molecule has 5 heteroatoms. The highest BCUT2D eigenvalue weighted by Gasteiger charge is 2.47. The summed E-state index contributed by atoms with van der Waals surface area (Å²) in [6, 6.07) is 0.291. The molecule has 5 nitrogen and oxygen atoms in total. The maximum atomic E-state index is 12.2. The number of carbonyl (C=O) groups excluding carboxylic acids is 1. The maximum Gasteiger partial charge on any atom is 0.324 e. The van der Waals surface area contributed by atoms with Gasteiger partial charge in [0, 0.05) is 6.04 Å². The molecule has 1 saturated heterocycles. The third-order valence-corrected chi connectivity index (χ3v) is 4.99. The third-order valence-electron chi connectivity index (χ3n) is 4.99. The van der Waals surface area contributed by atoms with Gasteiger partial charge in [-0.2, -0.15) is 0 Å². The normalized spacial score (nSPS) is 27.7. The largest absolute Gasteiger partial charge is 0.480 e. The number of aliphatic carboxylic acids is 1. The smallest absolute Gasteiger partial charge is 0.324 e. The number of carboxylic acid groups (broad SMARTS) is 1. The molecule has 21 heavy (non-hydrogen) atoms. The van der Waals surface area contributed by atoms with Crippen LogP contribution >= 0.6 is 0 Å². The van der Waals surface area contributed by atoms with Crippen LogP contribution in [0.5, 0.6) is 0 Å². The summed E-state index contributed by atoms with van der Waals surface area (Å²) in [6.07, 6.45) is 8.72. The molecule has 2 rings (SSSR count). The summed E-state index contributed by atoms with van der Waals surface area (Å²) in [5.41, 5.74) is -0.821. The zero-order valence-electron chi connectivity index (χ0n) is 13.1. The van der Waals surface area contributed by atoms with Crippen LogP contribution in [0.25, 0.3) is 0 Å². The zero-order valence-corrected chi connectivity index (χ0v) is 13.1. The molecule has 0 bridgehead atoms. The Balaban J connectivity index is 1.93. The first-order chi connectivity index (χ1) is 10.1. The lowest BCUT2D eigenvalue weighted by molar-refractivity contribution is -0.151. The molecule has 0 aromatic rings. The second-order valence-corrected chi connectivity index (χ2v) is 6.51. The Bertz CT molecular complexity index is 380. The Morgan fingerprint density at radius 1 is 1.24 bits per heavy atom. The van der Waals surface area contributed by atoms with Crippen molar-refractivity contribution in [3.63, 3.8) is 0 Å². The fourth-order valence-corrected chi connectivity index (χ4v) is 3.90. The van der Waals surface area contributed by atoms with E-state index in [-0.39, 0.29) is 12.5 Å². The number of carbonyl (C=O) groups is 2. The van der Waals surface area contributed by atoms with Gasteiger partial charge in [-0.05, 0) is 38.6 Å². The van der Waals surface area contributed by atoms with E-state index in [0.29, 0.717) is 25.4 Å². The van der Waals surface area contributed by atoms with Crippen LogP contribution in [0.2, 0.25) is 0 Å². The molecule has 0 radical (unpaired) electrons. The third kappa shape index (κ3) is 3.76. The zero-order chi connectivity index (χ0) is 15.3. The van der Waals surface area contributed by atoms with Crippen LogP contribution in [0.3, 0.4) is 0 Å². The molecule has 1 heterocycles. The molecule has 1 saturated carbocycles. The molecule has 2 aliphatic rings. The lowest BCUT2D eigenvalue weighted by atomic mass is 9.90. The first kappa shape index (κ1) is 16.3. The lowest BCUT2D eigenvalue weighted by Gasteiger charge is -2.34. The minimum absolute atomic E-state index is 0.00877. The Morgan fingerprint density at radius 2 is 1.95 bits per heavy atom. The highest BCUT2D eigenvalue weighted by molar-refractivity contribution is 5.82. The number of rotatable bonds is 6. The lowest BCUT2D eigenvalue weighted by Crippen LogP contribution is -2.54. The van der Waals surface area contributed by atoms with Crippen LogP contribution in [0, 0.1) is 0 Å². The standard InChI is InChI=1S/C16H28N2O3/c1-2-9-16(15(20)21)10-6-11-18(16)12-14(19)17-13-7-4-3-5-8-13/h13H,2-12H2,1H3,(H,17,19)(H,20,21). The van der Waals surface area contributed by atoms with Crippen molar-refractivity contribution in [3.05, 3.63) is 0 Å². The van der Waals surface area contributed by atoms with E-state index in [2.05, 4.69) is 5.32 Å². The Morgan fingerprint density at radius 3 is 2.57 bits per heavy atom. The summed E-state index contributed by atoms with van der Waals surface area (Å²) in [4.78, 5) is 25.8. The van der Waals surface area contributed by atoms with E-state index in [1.54, 1.807) is 0 Å². The Hall–Kier alpha value is -1.10. The summed E-state index contributed by atoms with van der Waals surface area (Å²) >= 11 is 0. The molecule has 1 aliphatic heterocycles. The number of hydrogen-bond donors (Lipinski definition) is 2. The summed E-state index contributed by atoms with van der Waals surface area (Å²) < 4.78 is 0. The van der Waals surface area contributed by atoms with E-state index in [0.717, 1.165) is 25.7 Å². The van der Waals surface area contributed by atoms with Crippen molar-refractivity contribution in [3.8, 4) is 0 Å². The monoisotopic (exact) mass is 296 g/mol. The predicted octanol–water partition coefficient (Wildman–Crippen LogP) is 2.15. The van der Waals surface area contributed by atoms with E-state index >= 15 is 0 Å². The van der Waals surface area contributed by atoms with Crippen molar-refractivity contribution >= 4 is 11.9 Å². The van der Waals surface area contributed by atoms with Gasteiger partial charge in [0.1, 0.15) is 5.54 Å². The van der Waals surface area contributed by atoms with Crippen molar-refractivity contribution in [1.82, 2.24) is 10.2 Å². The molecule has 2 N–H and O–H groups in total. The van der Waals surface area contributed by atoms with E-state index in [9.17, 15) is 14.7 Å². The van der Waals surface area contributed by atoms with Gasteiger partial charge in [-0.3, -0.25) is 14.5 Å². The first-order valence-corrected chi connectivity index (χ1v) is 8.36. The van der Waals surface area contributed by atoms with Gasteiger partial charge in [-0.25, -0.2) is 0 Å². The Kier molecular flexibility index (Phi) is 5.62. The molecule has 1 unspecified atom stereocenters. The number of likely N-dealkylation sites (tertiary alicyclic amines) is 1. The number of nitrogens with zero attached hydrogens (tertiary/aromatic N) is 1. The van der Waals surface area contributed by atoms with Gasteiger partial charge in [-0.1, -0.05) is 32.6 Å². The molecule has 0 spiro atoms. The summed E-state index contributed by atoms with van der Waals surface area (Å²) in [5.74, 6) is -0.780. The van der Waals surface area contributed by atoms with Crippen LogP contribution < -0.4 is 5.32 Å². The van der Waals surface area contributed by atoms with Gasteiger partial charge in [0.2, 0.25) is 5.91 Å². The van der Waals surface area contributed by atoms with Crippen LogP contribution in [0.4, 0.5) is 0 Å². The minimum atomic E-state index is -0.821. The van der Waals surface area contributed by atoms with Crippen LogP contribution in [0.1, 0.15) is 64.7 Å². The van der Waals surface area contributed by atoms with Gasteiger partial charge >= 0.3 is 5.97 Å². The van der Waals surface area contributed by atoms with Crippen LogP contribution in [0.15, 0.2) is 0 Å². The molecule has 0 aromatic heterocycles. The highest BCUT2D eigenvalue weighted by atomic mass is 16.4. The van der Waals surface area contributed by atoms with Gasteiger partial charge in [0.15, 0.2) is 0 Å². The molecule has 0 aromatic carbocycles. The second kappa shape index (κ2) is 7.25. The molecule has 1 atom stereocenters. The van der Waals surface area contributed by atoms with Crippen LogP contribution in [-0.2, 0) is 9.59 Å². The number of hydrogen-bond acceptors (Lipinski definition) is 3. The van der Waals surface area contributed by atoms with E-state index < -0.39 is 11.5 Å². The second-order valence-electron chi connectivity index (χ2n) is 6.51. The van der Waals surface area contributed by atoms with E-state index in [4.69, 9.17) is 0 Å². The molecule has 1 amide bonds. The van der Waals surface area contributed by atoms with Crippen LogP contribution in [-0.4, -0.2) is 46.6 Å². The number of nitrogens with one attached hydrogen (secondary N) is 1. The summed E-state index contributed by atoms with van der Waals surface area (Å²) in [7, 11) is 0.